The van der Waals surface area contributed by atoms with Crippen molar-refractivity contribution in [3.63, 3.8) is 0 Å². The average molecular weight is 535 g/mol. The Labute approximate surface area is 235 Å². The lowest BCUT2D eigenvalue weighted by Gasteiger charge is -2.37. The third-order valence-electron chi connectivity index (χ3n) is 9.77. The summed E-state index contributed by atoms with van der Waals surface area (Å²) in [6.07, 6.45) is 10.4. The van der Waals surface area contributed by atoms with Crippen molar-refractivity contribution in [3.05, 3.63) is 42.0 Å². The van der Waals surface area contributed by atoms with Gasteiger partial charge >= 0.3 is 5.97 Å². The van der Waals surface area contributed by atoms with Crippen molar-refractivity contribution < 1.29 is 14.6 Å². The van der Waals surface area contributed by atoms with Gasteiger partial charge in [-0.25, -0.2) is 0 Å². The molecule has 0 radical (unpaired) electrons. The fourth-order valence-corrected chi connectivity index (χ4v) is 7.34. The Bertz CT molecular complexity index is 1100. The minimum absolute atomic E-state index is 0.151. The zero-order valence-electron chi connectivity index (χ0n) is 24.5. The number of carbonyl (C=O) groups is 1. The predicted octanol–water partition coefficient (Wildman–Crippen LogP) is 7.22. The van der Waals surface area contributed by atoms with Crippen molar-refractivity contribution in [2.24, 2.45) is 23.2 Å². The molecule has 2 aromatic rings. The van der Waals surface area contributed by atoms with Gasteiger partial charge in [0.25, 0.3) is 0 Å². The Morgan fingerprint density at radius 1 is 0.872 bits per heavy atom. The van der Waals surface area contributed by atoms with Gasteiger partial charge in [0.2, 0.25) is 0 Å². The zero-order chi connectivity index (χ0) is 27.4. The lowest BCUT2D eigenvalue weighted by Crippen LogP contribution is -2.41. The first-order valence-electron chi connectivity index (χ1n) is 15.6. The molecular weight excluding hydrogens is 484 g/mol. The topological polar surface area (TPSA) is 53.0 Å². The maximum absolute atomic E-state index is 11.4. The SMILES string of the molecule is CC(C)(C)C1CCC(Oc2ccc3cc(CN4CCCC(CN5CCCC(C(=O)O)CC5)C4)ccc3c2)CC1. The molecule has 2 atom stereocenters. The molecule has 3 fully saturated rings. The van der Waals surface area contributed by atoms with Crippen LogP contribution in [0.3, 0.4) is 0 Å². The Morgan fingerprint density at radius 2 is 1.59 bits per heavy atom. The molecule has 39 heavy (non-hydrogen) atoms. The number of carboxylic acid groups (broad SMARTS) is 1. The van der Waals surface area contributed by atoms with Crippen LogP contribution in [-0.2, 0) is 11.3 Å². The fourth-order valence-electron chi connectivity index (χ4n) is 7.34. The van der Waals surface area contributed by atoms with Crippen LogP contribution in [0.25, 0.3) is 10.8 Å². The summed E-state index contributed by atoms with van der Waals surface area (Å²) in [5.41, 5.74) is 1.79. The molecule has 0 amide bonds. The normalized spacial score (nSPS) is 27.8. The van der Waals surface area contributed by atoms with Crippen molar-refractivity contribution in [1.29, 1.82) is 0 Å². The fraction of sp³-hybridized carbons (Fsp3) is 0.676. The molecule has 2 saturated heterocycles. The van der Waals surface area contributed by atoms with E-state index in [1.54, 1.807) is 0 Å². The first-order valence-corrected chi connectivity index (χ1v) is 15.6. The number of fused-ring (bicyclic) bond motifs is 1. The van der Waals surface area contributed by atoms with E-state index in [9.17, 15) is 9.90 Å². The van der Waals surface area contributed by atoms with Crippen LogP contribution in [0, 0.1) is 23.2 Å². The molecule has 2 aromatic carbocycles. The van der Waals surface area contributed by atoms with E-state index in [1.165, 1.54) is 48.6 Å². The van der Waals surface area contributed by atoms with E-state index in [2.05, 4.69) is 67.0 Å². The third kappa shape index (κ3) is 7.76. The molecule has 2 unspecified atom stereocenters. The molecule has 5 heteroatoms. The predicted molar refractivity (Wildman–Crippen MR) is 159 cm³/mol. The summed E-state index contributed by atoms with van der Waals surface area (Å²) < 4.78 is 6.43. The number of piperidine rings is 1. The van der Waals surface area contributed by atoms with Gasteiger partial charge in [0.1, 0.15) is 5.75 Å². The zero-order valence-corrected chi connectivity index (χ0v) is 24.5. The second kappa shape index (κ2) is 12.6. The molecule has 2 heterocycles. The molecule has 5 rings (SSSR count). The van der Waals surface area contributed by atoms with Crippen LogP contribution in [0.4, 0.5) is 0 Å². The van der Waals surface area contributed by atoms with Gasteiger partial charge in [-0.05, 0) is 129 Å². The highest BCUT2D eigenvalue weighted by atomic mass is 16.5. The quantitative estimate of drug-likeness (QED) is 0.406. The van der Waals surface area contributed by atoms with Crippen molar-refractivity contribution in [1.82, 2.24) is 9.80 Å². The van der Waals surface area contributed by atoms with Crippen molar-refractivity contribution in [2.75, 3.05) is 32.7 Å². The van der Waals surface area contributed by atoms with Crippen molar-refractivity contribution in [2.45, 2.75) is 91.2 Å². The number of hydrogen-bond acceptors (Lipinski definition) is 4. The number of benzene rings is 2. The molecule has 0 aromatic heterocycles. The molecular formula is C34H50N2O3. The standard InChI is InChI=1S/C34H50N2O3/c1-34(2,3)30-11-14-31(15-12-30)39-32-13-10-28-20-25(8-9-29(28)21-32)22-36-18-4-6-26(24-36)23-35-17-5-7-27(16-19-35)33(37)38/h8-10,13,20-21,26-27,30-31H,4-7,11-12,14-19,22-24H2,1-3H3,(H,37,38). The van der Waals surface area contributed by atoms with E-state index in [-0.39, 0.29) is 5.92 Å². The summed E-state index contributed by atoms with van der Waals surface area (Å²) in [5.74, 6) is 1.74. The van der Waals surface area contributed by atoms with Gasteiger partial charge in [0, 0.05) is 19.6 Å². The maximum Gasteiger partial charge on any atom is 0.306 e. The first kappa shape index (κ1) is 28.4. The van der Waals surface area contributed by atoms with E-state index in [0.717, 1.165) is 76.5 Å². The molecule has 2 aliphatic heterocycles. The number of carboxylic acids is 1. The molecule has 1 aliphatic carbocycles. The van der Waals surface area contributed by atoms with Crippen LogP contribution in [0.5, 0.6) is 5.75 Å². The summed E-state index contributed by atoms with van der Waals surface area (Å²) in [6, 6.07) is 13.5. The van der Waals surface area contributed by atoms with Crippen LogP contribution in [0.15, 0.2) is 36.4 Å². The monoisotopic (exact) mass is 534 g/mol. The van der Waals surface area contributed by atoms with Gasteiger partial charge in [-0.15, -0.1) is 0 Å². The summed E-state index contributed by atoms with van der Waals surface area (Å²) >= 11 is 0. The second-order valence-electron chi connectivity index (χ2n) is 13.8. The summed E-state index contributed by atoms with van der Waals surface area (Å²) in [5, 5.41) is 11.9. The molecule has 5 nitrogen and oxygen atoms in total. The largest absolute Gasteiger partial charge is 0.490 e. The number of ether oxygens (including phenoxy) is 1. The lowest BCUT2D eigenvalue weighted by molar-refractivity contribution is -0.142. The summed E-state index contributed by atoms with van der Waals surface area (Å²) in [6.45, 7) is 13.5. The van der Waals surface area contributed by atoms with E-state index >= 15 is 0 Å². The average Bonchev–Trinajstić information content (AvgIpc) is 3.15. The van der Waals surface area contributed by atoms with Crippen LogP contribution in [0.2, 0.25) is 0 Å². The molecule has 0 spiro atoms. The maximum atomic E-state index is 11.4. The van der Waals surface area contributed by atoms with Crippen LogP contribution in [0.1, 0.15) is 84.1 Å². The Hall–Kier alpha value is -2.11. The lowest BCUT2D eigenvalue weighted by atomic mass is 9.72. The van der Waals surface area contributed by atoms with Gasteiger partial charge in [-0.2, -0.15) is 0 Å². The van der Waals surface area contributed by atoms with Crippen LogP contribution < -0.4 is 4.74 Å². The van der Waals surface area contributed by atoms with E-state index in [0.29, 0.717) is 17.4 Å². The summed E-state index contributed by atoms with van der Waals surface area (Å²) in [7, 11) is 0. The smallest absolute Gasteiger partial charge is 0.306 e. The highest BCUT2D eigenvalue weighted by molar-refractivity contribution is 5.84. The number of rotatable bonds is 7. The van der Waals surface area contributed by atoms with Gasteiger partial charge in [-0.3, -0.25) is 9.69 Å². The number of hydrogen-bond donors (Lipinski definition) is 1. The molecule has 1 N–H and O–H groups in total. The summed E-state index contributed by atoms with van der Waals surface area (Å²) in [4.78, 5) is 16.6. The Kier molecular flexibility index (Phi) is 9.18. The van der Waals surface area contributed by atoms with E-state index < -0.39 is 5.97 Å². The number of aliphatic carboxylic acids is 1. The Balaban J connectivity index is 1.12. The van der Waals surface area contributed by atoms with Gasteiger partial charge < -0.3 is 14.7 Å². The van der Waals surface area contributed by atoms with E-state index in [1.807, 2.05) is 0 Å². The highest BCUT2D eigenvalue weighted by Crippen LogP contribution is 2.39. The molecule has 1 saturated carbocycles. The minimum atomic E-state index is -0.613. The minimum Gasteiger partial charge on any atom is -0.490 e. The first-order chi connectivity index (χ1) is 18.7. The third-order valence-corrected chi connectivity index (χ3v) is 9.77. The Morgan fingerprint density at radius 3 is 2.36 bits per heavy atom. The van der Waals surface area contributed by atoms with E-state index in [4.69, 9.17) is 4.74 Å². The van der Waals surface area contributed by atoms with Crippen molar-refractivity contribution >= 4 is 16.7 Å². The molecule has 214 valence electrons. The van der Waals surface area contributed by atoms with Gasteiger partial charge in [0.15, 0.2) is 0 Å². The molecule has 3 aliphatic rings. The van der Waals surface area contributed by atoms with Crippen molar-refractivity contribution in [3.8, 4) is 5.75 Å². The van der Waals surface area contributed by atoms with Gasteiger partial charge in [0.05, 0.1) is 12.0 Å². The van der Waals surface area contributed by atoms with Crippen LogP contribution >= 0.6 is 0 Å². The van der Waals surface area contributed by atoms with Gasteiger partial charge in [-0.1, -0.05) is 39.0 Å². The van der Waals surface area contributed by atoms with Crippen LogP contribution in [-0.4, -0.2) is 59.7 Å². The highest BCUT2D eigenvalue weighted by Gasteiger charge is 2.30. The number of likely N-dealkylation sites (tertiary alicyclic amines) is 2. The number of nitrogens with zero attached hydrogens (tertiary/aromatic N) is 2. The molecule has 0 bridgehead atoms. The second-order valence-corrected chi connectivity index (χ2v) is 13.8.